The van der Waals surface area contributed by atoms with Gasteiger partial charge in [-0.2, -0.15) is 0 Å². The third-order valence-corrected chi connectivity index (χ3v) is 9.32. The van der Waals surface area contributed by atoms with Gasteiger partial charge in [-0.3, -0.25) is 4.90 Å². The molecule has 1 aliphatic rings. The van der Waals surface area contributed by atoms with Gasteiger partial charge in [0, 0.05) is 46.4 Å². The van der Waals surface area contributed by atoms with Crippen molar-refractivity contribution in [3.63, 3.8) is 0 Å². The van der Waals surface area contributed by atoms with Crippen LogP contribution in [-0.4, -0.2) is 89.0 Å². The third-order valence-electron chi connectivity index (χ3n) is 6.66. The van der Waals surface area contributed by atoms with Crippen LogP contribution in [0.15, 0.2) is 0 Å². The minimum absolute atomic E-state index is 1.25. The Bertz CT molecular complexity index is 361. The number of piperazine rings is 1. The quantitative estimate of drug-likeness (QED) is 0.218. The maximum atomic E-state index is 5.69. The predicted octanol–water partition coefficient (Wildman–Crippen LogP) is 5.31. The van der Waals surface area contributed by atoms with Crippen molar-refractivity contribution in [2.45, 2.75) is 90.8 Å². The van der Waals surface area contributed by atoms with Crippen LogP contribution in [0.4, 0.5) is 0 Å². The zero-order valence-electron chi connectivity index (χ0n) is 20.7. The minimum atomic E-state index is -1.38. The topological polar surface area (TPSA) is 19.0 Å². The summed E-state index contributed by atoms with van der Waals surface area (Å²) in [6.45, 7) is 20.7. The summed E-state index contributed by atoms with van der Waals surface area (Å²) >= 11 is 0. The number of nitrogens with zero attached hydrogens (tertiary/aromatic N) is 3. The van der Waals surface area contributed by atoms with Gasteiger partial charge < -0.3 is 14.2 Å². The van der Waals surface area contributed by atoms with Gasteiger partial charge in [-0.1, -0.05) is 52.4 Å². The lowest BCUT2D eigenvalue weighted by atomic mass is 10.1. The molecule has 0 radical (unpaired) electrons. The van der Waals surface area contributed by atoms with E-state index in [1.807, 2.05) is 7.11 Å². The molecule has 1 aliphatic heterocycles. The Kier molecular flexibility index (Phi) is 15.6. The highest BCUT2D eigenvalue weighted by Crippen LogP contribution is 2.14. The van der Waals surface area contributed by atoms with Crippen molar-refractivity contribution in [3.05, 3.63) is 0 Å². The summed E-state index contributed by atoms with van der Waals surface area (Å²) in [5.74, 6) is 0. The molecule has 1 heterocycles. The zero-order valence-corrected chi connectivity index (χ0v) is 21.7. The van der Waals surface area contributed by atoms with E-state index < -0.39 is 8.32 Å². The normalized spacial score (nSPS) is 16.8. The lowest BCUT2D eigenvalue weighted by molar-refractivity contribution is 0.117. The van der Waals surface area contributed by atoms with Gasteiger partial charge in [-0.15, -0.1) is 0 Å². The molecule has 1 rings (SSSR count). The van der Waals surface area contributed by atoms with Gasteiger partial charge in [0.15, 0.2) is 8.32 Å². The van der Waals surface area contributed by atoms with Crippen LogP contribution in [0.3, 0.4) is 0 Å². The predicted molar refractivity (Wildman–Crippen MR) is 132 cm³/mol. The van der Waals surface area contributed by atoms with Crippen LogP contribution in [0.2, 0.25) is 19.1 Å². The lowest BCUT2D eigenvalue weighted by Crippen LogP contribution is -2.48. The molecule has 0 amide bonds. The van der Waals surface area contributed by atoms with Crippen molar-refractivity contribution in [2.75, 3.05) is 66.0 Å². The molecule has 29 heavy (non-hydrogen) atoms. The number of hydrogen-bond acceptors (Lipinski definition) is 4. The Balaban J connectivity index is 2.22. The fourth-order valence-electron chi connectivity index (χ4n) is 4.21. The molecule has 0 unspecified atom stereocenters. The molecule has 1 saturated heterocycles. The van der Waals surface area contributed by atoms with E-state index in [9.17, 15) is 0 Å². The zero-order chi connectivity index (χ0) is 21.4. The van der Waals surface area contributed by atoms with E-state index >= 15 is 0 Å². The van der Waals surface area contributed by atoms with E-state index in [1.165, 1.54) is 123 Å². The Morgan fingerprint density at radius 2 is 1.21 bits per heavy atom. The van der Waals surface area contributed by atoms with E-state index in [0.29, 0.717) is 0 Å². The van der Waals surface area contributed by atoms with Crippen LogP contribution >= 0.6 is 0 Å². The van der Waals surface area contributed by atoms with Gasteiger partial charge in [0.25, 0.3) is 0 Å². The molecule has 0 N–H and O–H groups in total. The van der Waals surface area contributed by atoms with Gasteiger partial charge >= 0.3 is 0 Å². The highest BCUT2D eigenvalue weighted by molar-refractivity contribution is 6.71. The molecule has 0 spiro atoms. The fraction of sp³-hybridized carbons (Fsp3) is 1.00. The van der Waals surface area contributed by atoms with Crippen molar-refractivity contribution in [3.8, 4) is 0 Å². The molecule has 0 atom stereocenters. The number of hydrogen-bond donors (Lipinski definition) is 0. The van der Waals surface area contributed by atoms with Crippen molar-refractivity contribution in [2.24, 2.45) is 0 Å². The highest BCUT2D eigenvalue weighted by atomic mass is 28.4. The standard InChI is InChI=1S/C24H53N3OSi/c1-6-8-10-12-15-25(16-13-11-9-7-2)18-21-27-22-19-26(20-23-27)17-14-24-29(4,5)28-3/h6-24H2,1-5H3. The molecule has 1 fully saturated rings. The summed E-state index contributed by atoms with van der Waals surface area (Å²) in [4.78, 5) is 8.13. The van der Waals surface area contributed by atoms with E-state index in [-0.39, 0.29) is 0 Å². The first-order valence-electron chi connectivity index (χ1n) is 12.7. The van der Waals surface area contributed by atoms with Crippen molar-refractivity contribution >= 4 is 8.32 Å². The van der Waals surface area contributed by atoms with Crippen molar-refractivity contribution in [1.29, 1.82) is 0 Å². The Hall–Kier alpha value is 0.0569. The molecule has 0 saturated carbocycles. The Morgan fingerprint density at radius 1 is 0.690 bits per heavy atom. The second-order valence-electron chi connectivity index (χ2n) is 9.71. The summed E-state index contributed by atoms with van der Waals surface area (Å²) in [7, 11) is 0.514. The summed E-state index contributed by atoms with van der Waals surface area (Å²) in [5.41, 5.74) is 0. The van der Waals surface area contributed by atoms with Crippen LogP contribution in [-0.2, 0) is 4.43 Å². The smallest absolute Gasteiger partial charge is 0.186 e. The van der Waals surface area contributed by atoms with E-state index in [4.69, 9.17) is 4.43 Å². The van der Waals surface area contributed by atoms with Crippen LogP contribution in [0.25, 0.3) is 0 Å². The van der Waals surface area contributed by atoms with Crippen LogP contribution in [0, 0.1) is 0 Å². The summed E-state index contributed by atoms with van der Waals surface area (Å²) in [6.07, 6.45) is 12.4. The Morgan fingerprint density at radius 3 is 1.69 bits per heavy atom. The second kappa shape index (κ2) is 16.7. The van der Waals surface area contributed by atoms with Gasteiger partial charge in [-0.25, -0.2) is 0 Å². The van der Waals surface area contributed by atoms with Gasteiger partial charge in [-0.05, 0) is 58.0 Å². The summed E-state index contributed by atoms with van der Waals surface area (Å²) in [5, 5.41) is 0. The molecular weight excluding hydrogens is 374 g/mol. The summed E-state index contributed by atoms with van der Waals surface area (Å²) < 4.78 is 5.69. The van der Waals surface area contributed by atoms with Gasteiger partial charge in [0.05, 0.1) is 0 Å². The van der Waals surface area contributed by atoms with Crippen molar-refractivity contribution < 1.29 is 4.43 Å². The molecule has 174 valence electrons. The molecule has 0 aromatic heterocycles. The maximum Gasteiger partial charge on any atom is 0.186 e. The van der Waals surface area contributed by atoms with Crippen LogP contribution < -0.4 is 0 Å². The number of unbranched alkanes of at least 4 members (excludes halogenated alkanes) is 6. The third kappa shape index (κ3) is 13.9. The SMILES string of the molecule is CCCCCCN(CCCCCC)CCN1CCN(CCC[Si](C)(C)OC)CC1. The van der Waals surface area contributed by atoms with Crippen LogP contribution in [0.5, 0.6) is 0 Å². The molecule has 0 aromatic carbocycles. The fourth-order valence-corrected chi connectivity index (χ4v) is 5.42. The monoisotopic (exact) mass is 427 g/mol. The summed E-state index contributed by atoms with van der Waals surface area (Å²) in [6, 6.07) is 1.29. The van der Waals surface area contributed by atoms with E-state index in [1.54, 1.807) is 0 Å². The second-order valence-corrected chi connectivity index (χ2v) is 14.1. The molecular formula is C24H53N3OSi. The van der Waals surface area contributed by atoms with Crippen molar-refractivity contribution in [1.82, 2.24) is 14.7 Å². The Labute approximate surface area is 184 Å². The minimum Gasteiger partial charge on any atom is -0.420 e. The number of rotatable bonds is 18. The van der Waals surface area contributed by atoms with E-state index in [0.717, 1.165) is 0 Å². The first kappa shape index (κ1) is 27.1. The van der Waals surface area contributed by atoms with Gasteiger partial charge in [0.2, 0.25) is 0 Å². The highest BCUT2D eigenvalue weighted by Gasteiger charge is 2.22. The maximum absolute atomic E-state index is 5.69. The van der Waals surface area contributed by atoms with E-state index in [2.05, 4.69) is 41.6 Å². The average molecular weight is 428 g/mol. The first-order chi connectivity index (χ1) is 14.0. The van der Waals surface area contributed by atoms with Gasteiger partial charge in [0.1, 0.15) is 0 Å². The molecule has 0 aliphatic carbocycles. The first-order valence-corrected chi connectivity index (χ1v) is 15.8. The molecule has 0 bridgehead atoms. The largest absolute Gasteiger partial charge is 0.420 e. The lowest BCUT2D eigenvalue weighted by Gasteiger charge is -2.36. The molecule has 5 heteroatoms. The molecule has 4 nitrogen and oxygen atoms in total. The van der Waals surface area contributed by atoms with Crippen LogP contribution in [0.1, 0.15) is 71.6 Å². The average Bonchev–Trinajstić information content (AvgIpc) is 2.72. The molecule has 0 aromatic rings.